The molecule has 0 unspecified atom stereocenters. The zero-order valence-electron chi connectivity index (χ0n) is 15.1. The molecule has 0 saturated heterocycles. The van der Waals surface area contributed by atoms with Gasteiger partial charge in [0.05, 0.1) is 6.61 Å². The Hall–Kier alpha value is -2.01. The van der Waals surface area contributed by atoms with Crippen molar-refractivity contribution in [1.29, 1.82) is 0 Å². The third kappa shape index (κ3) is 3.38. The number of fused-ring (bicyclic) bond motifs is 2. The van der Waals surface area contributed by atoms with E-state index in [0.717, 1.165) is 37.6 Å². The molecule has 1 aromatic heterocycles. The van der Waals surface area contributed by atoms with Crippen LogP contribution in [0.15, 0.2) is 24.5 Å². The molecule has 2 aliphatic rings. The van der Waals surface area contributed by atoms with Crippen molar-refractivity contribution in [2.75, 3.05) is 13.2 Å². The van der Waals surface area contributed by atoms with Crippen LogP contribution in [-0.2, 0) is 19.5 Å². The van der Waals surface area contributed by atoms with E-state index in [1.165, 1.54) is 29.8 Å². The molecule has 0 amide bonds. The van der Waals surface area contributed by atoms with Crippen molar-refractivity contribution in [2.24, 2.45) is 0 Å². The number of nitrogens with one attached hydrogen (secondary N) is 1. The fraction of sp³-hybridized carbons (Fsp3) is 0.550. The number of hydrogen-bond donors (Lipinski definition) is 1. The first-order valence-electron chi connectivity index (χ1n) is 9.41. The lowest BCUT2D eigenvalue weighted by Gasteiger charge is -2.24. The van der Waals surface area contributed by atoms with Gasteiger partial charge in [0.1, 0.15) is 23.4 Å². The second-order valence-electron chi connectivity index (χ2n) is 7.09. The molecule has 0 aliphatic carbocycles. The van der Waals surface area contributed by atoms with Gasteiger partial charge in [-0.1, -0.05) is 0 Å². The third-order valence-electron chi connectivity index (χ3n) is 5.12. The fourth-order valence-electron chi connectivity index (χ4n) is 4.04. The third-order valence-corrected chi connectivity index (χ3v) is 5.12. The Morgan fingerprint density at radius 2 is 2.32 bits per heavy atom. The summed E-state index contributed by atoms with van der Waals surface area (Å²) >= 11 is 0. The standard InChI is InChI=1S/C20H27N3O2/c1-3-24-18-10-16-9-14(2)25-19(16)17(11-18)13-21-12-15-5-4-7-23-8-6-22-20(15)23/h6,8,10-11,14-15,21H,3-5,7,9,12-13H2,1-2H3/t14-,15-/m1/s1. The van der Waals surface area contributed by atoms with Gasteiger partial charge in [-0.25, -0.2) is 4.98 Å². The van der Waals surface area contributed by atoms with Crippen LogP contribution in [0.3, 0.4) is 0 Å². The van der Waals surface area contributed by atoms with E-state index in [1.807, 2.05) is 13.1 Å². The van der Waals surface area contributed by atoms with Crippen molar-refractivity contribution in [3.8, 4) is 11.5 Å². The minimum Gasteiger partial charge on any atom is -0.494 e. The van der Waals surface area contributed by atoms with Gasteiger partial charge in [-0.3, -0.25) is 0 Å². The number of ether oxygens (including phenoxy) is 2. The highest BCUT2D eigenvalue weighted by Gasteiger charge is 2.24. The first-order valence-corrected chi connectivity index (χ1v) is 9.41. The maximum atomic E-state index is 6.05. The van der Waals surface area contributed by atoms with E-state index in [1.54, 1.807) is 0 Å². The van der Waals surface area contributed by atoms with Gasteiger partial charge in [-0.2, -0.15) is 0 Å². The number of hydrogen-bond acceptors (Lipinski definition) is 4. The second-order valence-corrected chi connectivity index (χ2v) is 7.09. The molecule has 4 rings (SSSR count). The number of benzene rings is 1. The summed E-state index contributed by atoms with van der Waals surface area (Å²) in [5.74, 6) is 3.71. The molecule has 0 fully saturated rings. The van der Waals surface area contributed by atoms with Crippen LogP contribution in [0.5, 0.6) is 11.5 Å². The van der Waals surface area contributed by atoms with Crippen LogP contribution in [0.1, 0.15) is 49.6 Å². The lowest BCUT2D eigenvalue weighted by atomic mass is 9.98. The van der Waals surface area contributed by atoms with Gasteiger partial charge in [0, 0.05) is 55.5 Å². The Labute approximate surface area is 149 Å². The van der Waals surface area contributed by atoms with Gasteiger partial charge in [0.15, 0.2) is 0 Å². The lowest BCUT2D eigenvalue weighted by molar-refractivity contribution is 0.252. The smallest absolute Gasteiger partial charge is 0.127 e. The SMILES string of the molecule is CCOc1cc(CNC[C@H]2CCCn3ccnc32)c2c(c1)C[C@@H](C)O2. The molecule has 1 N–H and O–H groups in total. The van der Waals surface area contributed by atoms with E-state index in [2.05, 4.69) is 40.1 Å². The summed E-state index contributed by atoms with van der Waals surface area (Å²) in [6, 6.07) is 4.25. The Kier molecular flexibility index (Phi) is 4.66. The molecular weight excluding hydrogens is 314 g/mol. The van der Waals surface area contributed by atoms with E-state index in [-0.39, 0.29) is 6.10 Å². The van der Waals surface area contributed by atoms with E-state index in [9.17, 15) is 0 Å². The molecule has 25 heavy (non-hydrogen) atoms. The monoisotopic (exact) mass is 341 g/mol. The fourth-order valence-corrected chi connectivity index (χ4v) is 4.04. The maximum Gasteiger partial charge on any atom is 0.127 e. The van der Waals surface area contributed by atoms with Gasteiger partial charge in [0.2, 0.25) is 0 Å². The van der Waals surface area contributed by atoms with Crippen LogP contribution in [0, 0.1) is 0 Å². The largest absolute Gasteiger partial charge is 0.494 e. The summed E-state index contributed by atoms with van der Waals surface area (Å²) in [5.41, 5.74) is 2.47. The van der Waals surface area contributed by atoms with Gasteiger partial charge in [0.25, 0.3) is 0 Å². The van der Waals surface area contributed by atoms with E-state index >= 15 is 0 Å². The van der Waals surface area contributed by atoms with Gasteiger partial charge in [-0.05, 0) is 38.8 Å². The van der Waals surface area contributed by atoms with Crippen LogP contribution in [0.25, 0.3) is 0 Å². The highest BCUT2D eigenvalue weighted by molar-refractivity contribution is 5.49. The number of rotatable bonds is 6. The number of aromatic nitrogens is 2. The number of aryl methyl sites for hydroxylation is 1. The lowest BCUT2D eigenvalue weighted by Crippen LogP contribution is -2.26. The second kappa shape index (κ2) is 7.08. The van der Waals surface area contributed by atoms with Crippen molar-refractivity contribution < 1.29 is 9.47 Å². The van der Waals surface area contributed by atoms with Crippen molar-refractivity contribution in [1.82, 2.24) is 14.9 Å². The van der Waals surface area contributed by atoms with E-state index in [0.29, 0.717) is 12.5 Å². The highest BCUT2D eigenvalue weighted by atomic mass is 16.5. The minimum absolute atomic E-state index is 0.247. The first kappa shape index (κ1) is 16.5. The summed E-state index contributed by atoms with van der Waals surface area (Å²) in [7, 11) is 0. The van der Waals surface area contributed by atoms with Gasteiger partial charge >= 0.3 is 0 Å². The summed E-state index contributed by atoms with van der Waals surface area (Å²) in [6.45, 7) is 7.68. The van der Waals surface area contributed by atoms with Crippen LogP contribution < -0.4 is 14.8 Å². The zero-order chi connectivity index (χ0) is 17.2. The molecule has 2 atom stereocenters. The van der Waals surface area contributed by atoms with Crippen molar-refractivity contribution in [3.63, 3.8) is 0 Å². The average molecular weight is 341 g/mol. The molecule has 0 saturated carbocycles. The molecule has 5 heteroatoms. The van der Waals surface area contributed by atoms with E-state index in [4.69, 9.17) is 9.47 Å². The van der Waals surface area contributed by atoms with E-state index < -0.39 is 0 Å². The maximum absolute atomic E-state index is 6.05. The van der Waals surface area contributed by atoms with Crippen LogP contribution in [-0.4, -0.2) is 28.8 Å². The molecule has 2 aromatic rings. The van der Waals surface area contributed by atoms with Crippen LogP contribution in [0.4, 0.5) is 0 Å². The summed E-state index contributed by atoms with van der Waals surface area (Å²) in [4.78, 5) is 4.55. The first-order chi connectivity index (χ1) is 12.2. The summed E-state index contributed by atoms with van der Waals surface area (Å²) < 4.78 is 14.1. The van der Waals surface area contributed by atoms with Crippen molar-refractivity contribution in [3.05, 3.63) is 41.5 Å². The Bertz CT molecular complexity index is 741. The van der Waals surface area contributed by atoms with Crippen LogP contribution in [0.2, 0.25) is 0 Å². The van der Waals surface area contributed by atoms with Crippen molar-refractivity contribution in [2.45, 2.75) is 58.2 Å². The summed E-state index contributed by atoms with van der Waals surface area (Å²) in [5, 5.41) is 3.63. The predicted molar refractivity (Wildman–Crippen MR) is 97.3 cm³/mol. The normalized spacial score (nSPS) is 21.5. The molecule has 134 valence electrons. The molecule has 0 spiro atoms. The average Bonchev–Trinajstić information content (AvgIpc) is 3.21. The molecule has 1 aromatic carbocycles. The molecular formula is C20H27N3O2. The quantitative estimate of drug-likeness (QED) is 0.876. The molecule has 0 bridgehead atoms. The summed E-state index contributed by atoms with van der Waals surface area (Å²) in [6.07, 6.45) is 7.65. The predicted octanol–water partition coefficient (Wildman–Crippen LogP) is 3.27. The van der Waals surface area contributed by atoms with Crippen molar-refractivity contribution >= 4 is 0 Å². The van der Waals surface area contributed by atoms with Crippen LogP contribution >= 0.6 is 0 Å². The zero-order valence-corrected chi connectivity index (χ0v) is 15.1. The minimum atomic E-state index is 0.247. The topological polar surface area (TPSA) is 48.3 Å². The Balaban J connectivity index is 1.45. The Morgan fingerprint density at radius 1 is 1.40 bits per heavy atom. The molecule has 2 aliphatic heterocycles. The molecule has 5 nitrogen and oxygen atoms in total. The van der Waals surface area contributed by atoms with Gasteiger partial charge < -0.3 is 19.4 Å². The molecule has 0 radical (unpaired) electrons. The number of nitrogens with zero attached hydrogens (tertiary/aromatic N) is 2. The molecule has 3 heterocycles. The van der Waals surface area contributed by atoms with Gasteiger partial charge in [-0.15, -0.1) is 0 Å². The Morgan fingerprint density at radius 3 is 3.20 bits per heavy atom. The highest BCUT2D eigenvalue weighted by Crippen LogP contribution is 2.36. The number of imidazole rings is 1.